The largest absolute Gasteiger partial charge is 0.415 e. The average Bonchev–Trinajstić information content (AvgIpc) is 2.38. The highest BCUT2D eigenvalue weighted by molar-refractivity contribution is 9.09. The summed E-state index contributed by atoms with van der Waals surface area (Å²) in [5, 5.41) is 0.860. The molecular formula is C13H29BrO5Si. The summed E-state index contributed by atoms with van der Waals surface area (Å²) in [6.07, 6.45) is 0. The normalized spacial score (nSPS) is 12.0. The van der Waals surface area contributed by atoms with Crippen LogP contribution in [0.2, 0.25) is 19.6 Å². The maximum absolute atomic E-state index is 5.67. The van der Waals surface area contributed by atoms with Crippen LogP contribution in [-0.2, 0) is 23.4 Å². The van der Waals surface area contributed by atoms with Crippen molar-refractivity contribution >= 4 is 24.2 Å². The van der Waals surface area contributed by atoms with Crippen LogP contribution in [0.3, 0.4) is 0 Å². The minimum absolute atomic E-state index is 0.590. The Bertz CT molecular complexity index is 202. The van der Waals surface area contributed by atoms with E-state index in [-0.39, 0.29) is 0 Å². The molecule has 0 amide bonds. The predicted octanol–water partition coefficient (Wildman–Crippen LogP) is 2.30. The molecule has 0 atom stereocenters. The predicted molar refractivity (Wildman–Crippen MR) is 86.4 cm³/mol. The Balaban J connectivity index is 2.99. The molecule has 7 heteroatoms. The van der Waals surface area contributed by atoms with Crippen molar-refractivity contribution in [3.8, 4) is 0 Å². The summed E-state index contributed by atoms with van der Waals surface area (Å²) in [7, 11) is -1.40. The van der Waals surface area contributed by atoms with Gasteiger partial charge < -0.3 is 23.4 Å². The second-order valence-corrected chi connectivity index (χ2v) is 10.4. The molecule has 0 aliphatic rings. The van der Waals surface area contributed by atoms with Crippen LogP contribution in [-0.4, -0.2) is 73.1 Å². The molecule has 0 aromatic rings. The summed E-state index contributed by atoms with van der Waals surface area (Å²) in [6.45, 7) is 12.2. The fourth-order valence-corrected chi connectivity index (χ4v) is 2.15. The van der Waals surface area contributed by atoms with Gasteiger partial charge in [-0.2, -0.15) is 0 Å². The Morgan fingerprint density at radius 1 is 0.600 bits per heavy atom. The van der Waals surface area contributed by atoms with E-state index < -0.39 is 8.32 Å². The molecule has 0 N–H and O–H groups in total. The van der Waals surface area contributed by atoms with E-state index >= 15 is 0 Å². The fraction of sp³-hybridized carbons (Fsp3) is 1.00. The first-order valence-corrected chi connectivity index (χ1v) is 11.6. The molecular weight excluding hydrogens is 344 g/mol. The molecule has 0 spiro atoms. The Labute approximate surface area is 132 Å². The summed E-state index contributed by atoms with van der Waals surface area (Å²) in [4.78, 5) is 0. The average molecular weight is 373 g/mol. The monoisotopic (exact) mass is 372 g/mol. The van der Waals surface area contributed by atoms with Gasteiger partial charge >= 0.3 is 0 Å². The van der Waals surface area contributed by atoms with Crippen molar-refractivity contribution in [2.75, 3.05) is 64.8 Å². The van der Waals surface area contributed by atoms with E-state index in [9.17, 15) is 0 Å². The van der Waals surface area contributed by atoms with Crippen LogP contribution in [0.1, 0.15) is 0 Å². The number of halogens is 1. The summed E-state index contributed by atoms with van der Waals surface area (Å²) < 4.78 is 27.0. The molecule has 0 aromatic heterocycles. The topological polar surface area (TPSA) is 46.2 Å². The molecule has 0 aliphatic carbocycles. The van der Waals surface area contributed by atoms with Gasteiger partial charge in [-0.25, -0.2) is 0 Å². The van der Waals surface area contributed by atoms with Gasteiger partial charge in [-0.1, -0.05) is 15.9 Å². The third kappa shape index (κ3) is 18.5. The second-order valence-electron chi connectivity index (χ2n) is 5.10. The maximum atomic E-state index is 5.67. The lowest BCUT2D eigenvalue weighted by molar-refractivity contribution is -0.00341. The summed E-state index contributed by atoms with van der Waals surface area (Å²) in [6, 6.07) is 0. The molecule has 0 radical (unpaired) electrons. The van der Waals surface area contributed by atoms with Crippen LogP contribution in [0.25, 0.3) is 0 Å². The first kappa shape index (κ1) is 20.5. The van der Waals surface area contributed by atoms with Crippen LogP contribution in [0.15, 0.2) is 0 Å². The van der Waals surface area contributed by atoms with Gasteiger partial charge in [-0.15, -0.1) is 0 Å². The number of alkyl halides is 1. The minimum atomic E-state index is -1.40. The number of ether oxygens (including phenoxy) is 4. The molecule has 0 rings (SSSR count). The van der Waals surface area contributed by atoms with E-state index in [1.54, 1.807) is 0 Å². The highest BCUT2D eigenvalue weighted by Gasteiger charge is 2.12. The molecule has 0 bridgehead atoms. The standard InChI is InChI=1S/C13H29BrO5Si/c1-20(2,3)19-13-12-18-11-10-17-9-8-16-7-6-15-5-4-14/h4-13H2,1-3H3. The summed E-state index contributed by atoms with van der Waals surface area (Å²) in [5.74, 6) is 0. The van der Waals surface area contributed by atoms with Gasteiger partial charge in [0.15, 0.2) is 8.32 Å². The number of rotatable bonds is 15. The van der Waals surface area contributed by atoms with Crippen LogP contribution in [0.5, 0.6) is 0 Å². The Kier molecular flexibility index (Phi) is 14.8. The SMILES string of the molecule is C[Si](C)(C)OCCOCCOCCOCCOCCBr. The van der Waals surface area contributed by atoms with Gasteiger partial charge in [0.1, 0.15) is 0 Å². The highest BCUT2D eigenvalue weighted by atomic mass is 79.9. The Morgan fingerprint density at radius 2 is 0.950 bits per heavy atom. The third-order valence-corrected chi connectivity index (χ3v) is 3.49. The minimum Gasteiger partial charge on any atom is -0.415 e. The van der Waals surface area contributed by atoms with Crippen molar-refractivity contribution in [2.24, 2.45) is 0 Å². The number of hydrogen-bond donors (Lipinski definition) is 0. The highest BCUT2D eigenvalue weighted by Crippen LogP contribution is 2.01. The molecule has 0 unspecified atom stereocenters. The van der Waals surface area contributed by atoms with Crippen LogP contribution in [0.4, 0.5) is 0 Å². The zero-order chi connectivity index (χ0) is 15.1. The van der Waals surface area contributed by atoms with Gasteiger partial charge in [-0.05, 0) is 19.6 Å². The zero-order valence-electron chi connectivity index (χ0n) is 13.0. The fourth-order valence-electron chi connectivity index (χ4n) is 1.22. The molecule has 20 heavy (non-hydrogen) atoms. The molecule has 0 aromatic carbocycles. The van der Waals surface area contributed by atoms with Crippen LogP contribution >= 0.6 is 15.9 Å². The van der Waals surface area contributed by atoms with Gasteiger partial charge in [0.2, 0.25) is 0 Å². The van der Waals surface area contributed by atoms with Gasteiger partial charge in [0.25, 0.3) is 0 Å². The van der Waals surface area contributed by atoms with Crippen molar-refractivity contribution in [1.82, 2.24) is 0 Å². The second kappa shape index (κ2) is 14.4. The molecule has 0 saturated heterocycles. The quantitative estimate of drug-likeness (QED) is 0.250. The van der Waals surface area contributed by atoms with Gasteiger partial charge in [0, 0.05) is 5.33 Å². The smallest absolute Gasteiger partial charge is 0.183 e. The first-order valence-electron chi connectivity index (χ1n) is 7.07. The van der Waals surface area contributed by atoms with Gasteiger partial charge in [-0.3, -0.25) is 0 Å². The van der Waals surface area contributed by atoms with E-state index in [1.165, 1.54) is 0 Å². The van der Waals surface area contributed by atoms with E-state index in [0.717, 1.165) is 11.9 Å². The Morgan fingerprint density at radius 3 is 1.30 bits per heavy atom. The van der Waals surface area contributed by atoms with Crippen molar-refractivity contribution in [3.05, 3.63) is 0 Å². The van der Waals surface area contributed by atoms with Crippen molar-refractivity contribution in [3.63, 3.8) is 0 Å². The van der Waals surface area contributed by atoms with Crippen molar-refractivity contribution < 1.29 is 23.4 Å². The van der Waals surface area contributed by atoms with Crippen molar-refractivity contribution in [2.45, 2.75) is 19.6 Å². The maximum Gasteiger partial charge on any atom is 0.183 e. The molecule has 0 aliphatic heterocycles. The van der Waals surface area contributed by atoms with Gasteiger partial charge in [0.05, 0.1) is 59.5 Å². The van der Waals surface area contributed by atoms with Crippen LogP contribution < -0.4 is 0 Å². The Hall–Kier alpha value is 0.497. The molecule has 0 saturated carbocycles. The van der Waals surface area contributed by atoms with E-state index in [0.29, 0.717) is 52.9 Å². The van der Waals surface area contributed by atoms with Crippen molar-refractivity contribution in [1.29, 1.82) is 0 Å². The van der Waals surface area contributed by atoms with E-state index in [1.807, 2.05) is 0 Å². The third-order valence-electron chi connectivity index (χ3n) is 2.10. The molecule has 0 fully saturated rings. The van der Waals surface area contributed by atoms with Crippen LogP contribution in [0, 0.1) is 0 Å². The lowest BCUT2D eigenvalue weighted by Gasteiger charge is -2.16. The van der Waals surface area contributed by atoms with E-state index in [2.05, 4.69) is 35.6 Å². The molecule has 122 valence electrons. The number of hydrogen-bond acceptors (Lipinski definition) is 5. The zero-order valence-corrected chi connectivity index (χ0v) is 15.6. The molecule has 0 heterocycles. The van der Waals surface area contributed by atoms with E-state index in [4.69, 9.17) is 23.4 Å². The summed E-state index contributed by atoms with van der Waals surface area (Å²) in [5.41, 5.74) is 0. The lowest BCUT2D eigenvalue weighted by Crippen LogP contribution is -2.27. The summed E-state index contributed by atoms with van der Waals surface area (Å²) >= 11 is 3.29. The molecule has 5 nitrogen and oxygen atoms in total. The lowest BCUT2D eigenvalue weighted by atomic mass is 10.7. The first-order chi connectivity index (χ1) is 9.56.